The van der Waals surface area contributed by atoms with Gasteiger partial charge in [-0.2, -0.15) is 0 Å². The van der Waals surface area contributed by atoms with Gasteiger partial charge in [0.1, 0.15) is 23.9 Å². The quantitative estimate of drug-likeness (QED) is 0.742. The number of para-hydroxylation sites is 1. The van der Waals surface area contributed by atoms with Crippen LogP contribution in [0.1, 0.15) is 30.9 Å². The topological polar surface area (TPSA) is 34.4 Å². The fraction of sp³-hybridized carbons (Fsp3) is 0.333. The lowest BCUT2D eigenvalue weighted by molar-refractivity contribution is 0.262. The number of allylic oxidation sites excluding steroid dienone is 1. The van der Waals surface area contributed by atoms with Gasteiger partial charge in [0.05, 0.1) is 6.54 Å². The van der Waals surface area contributed by atoms with Gasteiger partial charge in [-0.25, -0.2) is 0 Å². The summed E-state index contributed by atoms with van der Waals surface area (Å²) in [6, 6.07) is 12.4. The number of benzene rings is 1. The van der Waals surface area contributed by atoms with E-state index in [4.69, 9.17) is 9.15 Å². The summed E-state index contributed by atoms with van der Waals surface area (Å²) in [4.78, 5) is 0. The van der Waals surface area contributed by atoms with Gasteiger partial charge in [0.25, 0.3) is 0 Å². The summed E-state index contributed by atoms with van der Waals surface area (Å²) in [6.45, 7) is 9.18. The van der Waals surface area contributed by atoms with Crippen molar-refractivity contribution in [3.8, 4) is 5.75 Å². The van der Waals surface area contributed by atoms with E-state index in [1.807, 2.05) is 36.4 Å². The van der Waals surface area contributed by atoms with E-state index in [2.05, 4.69) is 31.8 Å². The largest absolute Gasteiger partial charge is 0.485 e. The molecule has 0 radical (unpaired) electrons. The summed E-state index contributed by atoms with van der Waals surface area (Å²) in [5.74, 6) is 2.65. The van der Waals surface area contributed by atoms with Gasteiger partial charge >= 0.3 is 0 Å². The molecular formula is C18H23NO2. The smallest absolute Gasteiger partial charge is 0.146 e. The maximum absolute atomic E-state index is 5.85. The summed E-state index contributed by atoms with van der Waals surface area (Å²) in [7, 11) is 0. The van der Waals surface area contributed by atoms with Crippen LogP contribution in [-0.2, 0) is 19.6 Å². The number of ether oxygens (including phenoxy) is 1. The Morgan fingerprint density at radius 2 is 1.95 bits per heavy atom. The molecule has 1 N–H and O–H groups in total. The zero-order valence-electron chi connectivity index (χ0n) is 12.8. The van der Waals surface area contributed by atoms with E-state index >= 15 is 0 Å². The normalized spacial score (nSPS) is 10.8. The first kappa shape index (κ1) is 15.4. The van der Waals surface area contributed by atoms with Crippen molar-refractivity contribution in [2.45, 2.75) is 39.5 Å². The first-order chi connectivity index (χ1) is 10.2. The Bertz CT molecular complexity index is 572. The van der Waals surface area contributed by atoms with Crippen LogP contribution < -0.4 is 10.1 Å². The van der Waals surface area contributed by atoms with E-state index in [9.17, 15) is 0 Å². The summed E-state index contributed by atoms with van der Waals surface area (Å²) in [5, 5.41) is 3.33. The number of furan rings is 1. The lowest BCUT2D eigenvalue weighted by atomic mass is 10.1. The Morgan fingerprint density at radius 1 is 1.19 bits per heavy atom. The third kappa shape index (κ3) is 4.80. The first-order valence-electron chi connectivity index (χ1n) is 7.31. The van der Waals surface area contributed by atoms with Crippen molar-refractivity contribution in [1.82, 2.24) is 5.32 Å². The van der Waals surface area contributed by atoms with E-state index in [1.54, 1.807) is 0 Å². The molecule has 0 aliphatic heterocycles. The van der Waals surface area contributed by atoms with Crippen molar-refractivity contribution in [3.05, 3.63) is 66.1 Å². The second kappa shape index (κ2) is 7.70. The van der Waals surface area contributed by atoms with Crippen LogP contribution in [0, 0.1) is 0 Å². The van der Waals surface area contributed by atoms with Gasteiger partial charge in [-0.3, -0.25) is 0 Å². The molecule has 0 unspecified atom stereocenters. The highest BCUT2D eigenvalue weighted by Crippen LogP contribution is 2.20. The molecule has 0 saturated heterocycles. The lowest BCUT2D eigenvalue weighted by Gasteiger charge is -2.09. The Morgan fingerprint density at radius 3 is 2.71 bits per heavy atom. The molecule has 0 aliphatic rings. The van der Waals surface area contributed by atoms with E-state index < -0.39 is 0 Å². The molecule has 1 aromatic heterocycles. The maximum Gasteiger partial charge on any atom is 0.146 e. The Labute approximate surface area is 126 Å². The van der Waals surface area contributed by atoms with Crippen LogP contribution in [0.2, 0.25) is 0 Å². The predicted octanol–water partition coefficient (Wildman–Crippen LogP) is 4.09. The van der Waals surface area contributed by atoms with Crippen molar-refractivity contribution < 1.29 is 9.15 Å². The third-order valence-electron chi connectivity index (χ3n) is 3.11. The van der Waals surface area contributed by atoms with Gasteiger partial charge in [-0.15, -0.1) is 6.58 Å². The van der Waals surface area contributed by atoms with Gasteiger partial charge in [0.15, 0.2) is 0 Å². The Hall–Kier alpha value is -2.00. The van der Waals surface area contributed by atoms with Crippen LogP contribution in [0.25, 0.3) is 0 Å². The standard InChI is InChI=1S/C18H23NO2/c1-4-7-15-8-5-6-9-18(15)20-13-17-11-10-16(21-17)12-19-14(2)3/h4-6,8-11,14,19H,1,7,12-13H2,2-3H3. The van der Waals surface area contributed by atoms with Crippen molar-refractivity contribution in [3.63, 3.8) is 0 Å². The van der Waals surface area contributed by atoms with Crippen LogP contribution in [0.15, 0.2) is 53.5 Å². The summed E-state index contributed by atoms with van der Waals surface area (Å²) in [6.07, 6.45) is 2.68. The molecule has 0 spiro atoms. The van der Waals surface area contributed by atoms with Crippen molar-refractivity contribution >= 4 is 0 Å². The monoisotopic (exact) mass is 285 g/mol. The van der Waals surface area contributed by atoms with Gasteiger partial charge in [0.2, 0.25) is 0 Å². The molecule has 3 heteroatoms. The molecule has 0 bridgehead atoms. The van der Waals surface area contributed by atoms with Crippen molar-refractivity contribution in [1.29, 1.82) is 0 Å². The third-order valence-corrected chi connectivity index (χ3v) is 3.11. The average molecular weight is 285 g/mol. The molecule has 2 aromatic rings. The van der Waals surface area contributed by atoms with Crippen LogP contribution in [0.4, 0.5) is 0 Å². The molecule has 0 aliphatic carbocycles. The Kier molecular flexibility index (Phi) is 5.64. The van der Waals surface area contributed by atoms with E-state index in [-0.39, 0.29) is 0 Å². The highest BCUT2D eigenvalue weighted by Gasteiger charge is 2.06. The summed E-state index contributed by atoms with van der Waals surface area (Å²) in [5.41, 5.74) is 1.14. The van der Waals surface area contributed by atoms with E-state index in [1.165, 1.54) is 0 Å². The molecule has 0 saturated carbocycles. The molecule has 1 aromatic carbocycles. The minimum atomic E-state index is 0.440. The van der Waals surface area contributed by atoms with Crippen molar-refractivity contribution in [2.24, 2.45) is 0 Å². The molecule has 0 fully saturated rings. The minimum Gasteiger partial charge on any atom is -0.485 e. The first-order valence-corrected chi connectivity index (χ1v) is 7.31. The van der Waals surface area contributed by atoms with Crippen LogP contribution in [-0.4, -0.2) is 6.04 Å². The minimum absolute atomic E-state index is 0.440. The number of hydrogen-bond acceptors (Lipinski definition) is 3. The van der Waals surface area contributed by atoms with Crippen LogP contribution >= 0.6 is 0 Å². The fourth-order valence-corrected chi connectivity index (χ4v) is 2.02. The molecule has 1 heterocycles. The van der Waals surface area contributed by atoms with E-state index in [0.29, 0.717) is 12.6 Å². The Balaban J connectivity index is 1.92. The maximum atomic E-state index is 5.85. The van der Waals surface area contributed by atoms with Gasteiger partial charge in [-0.1, -0.05) is 38.1 Å². The van der Waals surface area contributed by atoms with Gasteiger partial charge in [-0.05, 0) is 30.2 Å². The van der Waals surface area contributed by atoms with Crippen LogP contribution in [0.5, 0.6) is 5.75 Å². The average Bonchev–Trinajstić information content (AvgIpc) is 2.92. The van der Waals surface area contributed by atoms with Gasteiger partial charge in [0, 0.05) is 6.04 Å². The zero-order chi connectivity index (χ0) is 15.1. The predicted molar refractivity (Wildman–Crippen MR) is 85.4 cm³/mol. The molecule has 112 valence electrons. The molecule has 0 atom stereocenters. The summed E-state index contributed by atoms with van der Waals surface area (Å²) >= 11 is 0. The number of hydrogen-bond donors (Lipinski definition) is 1. The van der Waals surface area contributed by atoms with Crippen LogP contribution in [0.3, 0.4) is 0 Å². The molecule has 21 heavy (non-hydrogen) atoms. The van der Waals surface area contributed by atoms with Crippen molar-refractivity contribution in [2.75, 3.05) is 0 Å². The highest BCUT2D eigenvalue weighted by atomic mass is 16.5. The SMILES string of the molecule is C=CCc1ccccc1OCc1ccc(CNC(C)C)o1. The lowest BCUT2D eigenvalue weighted by Crippen LogP contribution is -2.21. The molecule has 0 amide bonds. The highest BCUT2D eigenvalue weighted by molar-refractivity contribution is 5.34. The van der Waals surface area contributed by atoms with Gasteiger partial charge < -0.3 is 14.5 Å². The second-order valence-electron chi connectivity index (χ2n) is 5.29. The summed E-state index contributed by atoms with van der Waals surface area (Å²) < 4.78 is 11.6. The van der Waals surface area contributed by atoms with E-state index in [0.717, 1.165) is 35.8 Å². The number of nitrogens with one attached hydrogen (secondary N) is 1. The second-order valence-corrected chi connectivity index (χ2v) is 5.29. The molecule has 3 nitrogen and oxygen atoms in total. The molecular weight excluding hydrogens is 262 g/mol. The zero-order valence-corrected chi connectivity index (χ0v) is 12.8. The fourth-order valence-electron chi connectivity index (χ4n) is 2.02. The number of rotatable bonds is 8. The molecule has 2 rings (SSSR count).